The molecule has 0 amide bonds. The Balaban J connectivity index is 1.27. The van der Waals surface area contributed by atoms with E-state index in [1.54, 1.807) is 42.5 Å². The van der Waals surface area contributed by atoms with Gasteiger partial charge in [-0.15, -0.1) is 0 Å². The monoisotopic (exact) mass is 433 g/mol. The van der Waals surface area contributed by atoms with E-state index < -0.39 is 0 Å². The molecule has 4 aromatic rings. The van der Waals surface area contributed by atoms with Crippen LogP contribution in [0.15, 0.2) is 69.9 Å². The summed E-state index contributed by atoms with van der Waals surface area (Å²) in [5, 5.41) is 20.3. The van der Waals surface area contributed by atoms with Gasteiger partial charge in [-0.05, 0) is 62.7 Å². The summed E-state index contributed by atoms with van der Waals surface area (Å²) in [6.07, 6.45) is 2.94. The van der Waals surface area contributed by atoms with Gasteiger partial charge in [0.05, 0.1) is 12.0 Å². The number of ether oxygens (including phenoxy) is 1. The second-order valence-electron chi connectivity index (χ2n) is 8.06. The Labute approximate surface area is 186 Å². The van der Waals surface area contributed by atoms with E-state index in [0.29, 0.717) is 28.9 Å². The van der Waals surface area contributed by atoms with Crippen LogP contribution in [0.25, 0.3) is 21.9 Å². The maximum Gasteiger partial charge on any atom is 0.204 e. The molecule has 0 aliphatic rings. The highest BCUT2D eigenvalue weighted by Crippen LogP contribution is 2.30. The molecule has 0 spiro atoms. The van der Waals surface area contributed by atoms with Crippen LogP contribution in [0.3, 0.4) is 0 Å². The molecule has 166 valence electrons. The van der Waals surface area contributed by atoms with Gasteiger partial charge in [-0.1, -0.05) is 24.3 Å². The van der Waals surface area contributed by atoms with Gasteiger partial charge in [0.25, 0.3) is 0 Å². The molecule has 0 fully saturated rings. The largest absolute Gasteiger partial charge is 0.508 e. The van der Waals surface area contributed by atoms with Crippen LogP contribution in [-0.2, 0) is 6.54 Å². The van der Waals surface area contributed by atoms with Crippen LogP contribution >= 0.6 is 0 Å². The number of phenols is 2. The number of fused-ring (bicyclic) bond motifs is 2. The van der Waals surface area contributed by atoms with Crippen LogP contribution in [0.4, 0.5) is 0 Å². The number of para-hydroxylation sites is 1. The number of nitrogens with zero attached hydrogens (tertiary/aromatic N) is 1. The molecule has 1 heterocycles. The molecular formula is C26H27NO5. The van der Waals surface area contributed by atoms with Crippen molar-refractivity contribution in [3.05, 3.63) is 76.5 Å². The third-order valence-electron chi connectivity index (χ3n) is 5.48. The van der Waals surface area contributed by atoms with E-state index >= 15 is 0 Å². The second-order valence-corrected chi connectivity index (χ2v) is 8.06. The van der Waals surface area contributed by atoms with Crippen molar-refractivity contribution in [1.29, 1.82) is 0 Å². The lowest BCUT2D eigenvalue weighted by molar-refractivity contribution is 0.286. The lowest BCUT2D eigenvalue weighted by atomic mass is 10.1. The number of hydrogen-bond donors (Lipinski definition) is 2. The van der Waals surface area contributed by atoms with Gasteiger partial charge in [-0.3, -0.25) is 4.79 Å². The van der Waals surface area contributed by atoms with Crippen molar-refractivity contribution < 1.29 is 19.4 Å². The third kappa shape index (κ3) is 5.03. The Hall–Kier alpha value is -3.51. The van der Waals surface area contributed by atoms with Gasteiger partial charge in [0.1, 0.15) is 33.8 Å². The smallest absolute Gasteiger partial charge is 0.204 e. The van der Waals surface area contributed by atoms with Crippen molar-refractivity contribution in [1.82, 2.24) is 4.90 Å². The molecule has 1 aromatic heterocycles. The molecule has 0 aliphatic carbocycles. The zero-order valence-corrected chi connectivity index (χ0v) is 18.1. The average molecular weight is 434 g/mol. The van der Waals surface area contributed by atoms with Crippen LogP contribution in [0.5, 0.6) is 17.2 Å². The molecule has 0 bridgehead atoms. The van der Waals surface area contributed by atoms with E-state index in [1.807, 2.05) is 12.1 Å². The van der Waals surface area contributed by atoms with E-state index in [-0.39, 0.29) is 22.3 Å². The topological polar surface area (TPSA) is 83.1 Å². The first kappa shape index (κ1) is 21.7. The minimum atomic E-state index is -0.248. The van der Waals surface area contributed by atoms with E-state index in [2.05, 4.69) is 11.9 Å². The maximum atomic E-state index is 12.7. The highest BCUT2D eigenvalue weighted by atomic mass is 16.5. The van der Waals surface area contributed by atoms with Gasteiger partial charge in [0.15, 0.2) is 0 Å². The van der Waals surface area contributed by atoms with Gasteiger partial charge >= 0.3 is 0 Å². The minimum absolute atomic E-state index is 0.132. The summed E-state index contributed by atoms with van der Waals surface area (Å²) in [5.41, 5.74) is 1.73. The number of unbranched alkanes of at least 4 members (excludes halogenated alkanes) is 2. The van der Waals surface area contributed by atoms with Gasteiger partial charge in [0, 0.05) is 18.7 Å². The molecule has 6 nitrogen and oxygen atoms in total. The molecule has 0 aliphatic heterocycles. The van der Waals surface area contributed by atoms with Crippen molar-refractivity contribution >= 4 is 21.9 Å². The molecule has 0 saturated carbocycles. The van der Waals surface area contributed by atoms with Crippen LogP contribution < -0.4 is 10.2 Å². The maximum absolute atomic E-state index is 12.7. The number of benzene rings is 3. The van der Waals surface area contributed by atoms with Gasteiger partial charge in [-0.2, -0.15) is 0 Å². The van der Waals surface area contributed by atoms with Crippen molar-refractivity contribution in [2.45, 2.75) is 25.8 Å². The Morgan fingerprint density at radius 2 is 1.72 bits per heavy atom. The fourth-order valence-electron chi connectivity index (χ4n) is 3.81. The van der Waals surface area contributed by atoms with E-state index in [0.717, 1.165) is 32.4 Å². The first-order chi connectivity index (χ1) is 15.5. The van der Waals surface area contributed by atoms with Crippen molar-refractivity contribution in [2.24, 2.45) is 0 Å². The van der Waals surface area contributed by atoms with Gasteiger partial charge in [0.2, 0.25) is 5.43 Å². The molecule has 32 heavy (non-hydrogen) atoms. The van der Waals surface area contributed by atoms with Gasteiger partial charge in [-0.25, -0.2) is 0 Å². The first-order valence-electron chi connectivity index (χ1n) is 10.8. The zero-order chi connectivity index (χ0) is 22.5. The van der Waals surface area contributed by atoms with Crippen LogP contribution in [0, 0.1) is 0 Å². The molecule has 3 aromatic carbocycles. The summed E-state index contributed by atoms with van der Waals surface area (Å²) in [7, 11) is 2.08. The molecule has 6 heteroatoms. The number of rotatable bonds is 9. The molecule has 0 atom stereocenters. The normalized spacial score (nSPS) is 11.4. The second kappa shape index (κ2) is 9.75. The molecule has 2 N–H and O–H groups in total. The minimum Gasteiger partial charge on any atom is -0.508 e. The fraction of sp³-hybridized carbons (Fsp3) is 0.269. The Bertz CT molecular complexity index is 1260. The fourth-order valence-corrected chi connectivity index (χ4v) is 3.81. The molecule has 4 rings (SSSR count). The van der Waals surface area contributed by atoms with Crippen molar-refractivity contribution in [2.75, 3.05) is 20.2 Å². The first-order valence-corrected chi connectivity index (χ1v) is 10.8. The van der Waals surface area contributed by atoms with Crippen LogP contribution in [0.1, 0.15) is 24.8 Å². The summed E-state index contributed by atoms with van der Waals surface area (Å²) in [6, 6.07) is 17.4. The Morgan fingerprint density at radius 3 is 2.53 bits per heavy atom. The summed E-state index contributed by atoms with van der Waals surface area (Å²) in [4.78, 5) is 14.9. The highest BCUT2D eigenvalue weighted by Gasteiger charge is 2.13. The third-order valence-corrected chi connectivity index (χ3v) is 5.48. The van der Waals surface area contributed by atoms with Crippen LogP contribution in [-0.4, -0.2) is 35.3 Å². The van der Waals surface area contributed by atoms with E-state index in [1.165, 1.54) is 11.6 Å². The van der Waals surface area contributed by atoms with Crippen molar-refractivity contribution in [3.8, 4) is 17.2 Å². The predicted molar refractivity (Wildman–Crippen MR) is 125 cm³/mol. The number of phenolic OH excluding ortho intramolecular Hbond substituents is 2. The Morgan fingerprint density at radius 1 is 0.938 bits per heavy atom. The van der Waals surface area contributed by atoms with E-state index in [4.69, 9.17) is 9.15 Å². The number of aromatic hydroxyl groups is 2. The molecular weight excluding hydrogens is 406 g/mol. The standard InChI is InChI=1S/C26H27NO5/c1-27(17-18-9-11-19(28)12-10-18)13-5-2-6-14-31-20-15-22(29)25-24(16-20)32-23-8-4-3-7-21(23)26(25)30/h3-4,7-12,15-16,28-29H,2,5-6,13-14,17H2,1H3. The highest BCUT2D eigenvalue weighted by molar-refractivity contribution is 5.93. The summed E-state index contributed by atoms with van der Waals surface area (Å²) in [5.74, 6) is 0.636. The summed E-state index contributed by atoms with van der Waals surface area (Å²) in [6.45, 7) is 2.33. The lowest BCUT2D eigenvalue weighted by Gasteiger charge is -2.16. The van der Waals surface area contributed by atoms with Crippen molar-refractivity contribution in [3.63, 3.8) is 0 Å². The quantitative estimate of drug-likeness (QED) is 0.284. The SMILES string of the molecule is CN(CCCCCOc1cc(O)c2c(=O)c3ccccc3oc2c1)Cc1ccc(O)cc1. The molecule has 0 radical (unpaired) electrons. The van der Waals surface area contributed by atoms with E-state index in [9.17, 15) is 15.0 Å². The zero-order valence-electron chi connectivity index (χ0n) is 18.1. The van der Waals surface area contributed by atoms with Gasteiger partial charge < -0.3 is 24.3 Å². The molecule has 0 unspecified atom stereocenters. The van der Waals surface area contributed by atoms with Crippen LogP contribution in [0.2, 0.25) is 0 Å². The Kier molecular flexibility index (Phi) is 6.61. The summed E-state index contributed by atoms with van der Waals surface area (Å²) >= 11 is 0. The molecule has 0 saturated heterocycles. The number of hydrogen-bond acceptors (Lipinski definition) is 6. The predicted octanol–water partition coefficient (Wildman–Crippen LogP) is 5.04. The lowest BCUT2D eigenvalue weighted by Crippen LogP contribution is -2.19. The summed E-state index contributed by atoms with van der Waals surface area (Å²) < 4.78 is 11.6. The average Bonchev–Trinajstić information content (AvgIpc) is 2.77.